The molecule has 0 bridgehead atoms. The molecule has 0 aliphatic heterocycles. The number of esters is 1. The van der Waals surface area contributed by atoms with Crippen molar-refractivity contribution in [3.05, 3.63) is 64.9 Å². The molecule has 86 valence electrons. The summed E-state index contributed by atoms with van der Waals surface area (Å²) < 4.78 is 5.11. The minimum Gasteiger partial charge on any atom is -0.456 e. The Hall–Kier alpha value is -1.87. The SMILES string of the molecule is O=C(OCc1ccccc1Cl)c1ccccn1. The van der Waals surface area contributed by atoms with E-state index >= 15 is 0 Å². The summed E-state index contributed by atoms with van der Waals surface area (Å²) in [7, 11) is 0. The van der Waals surface area contributed by atoms with Gasteiger partial charge < -0.3 is 4.74 Å². The molecular formula is C13H10ClNO2. The predicted octanol–water partition coefficient (Wildman–Crippen LogP) is 3.09. The van der Waals surface area contributed by atoms with Crippen LogP contribution in [0.3, 0.4) is 0 Å². The van der Waals surface area contributed by atoms with E-state index in [1.807, 2.05) is 18.2 Å². The summed E-state index contributed by atoms with van der Waals surface area (Å²) in [6.07, 6.45) is 1.55. The van der Waals surface area contributed by atoms with Crippen LogP contribution in [0.25, 0.3) is 0 Å². The van der Waals surface area contributed by atoms with Crippen molar-refractivity contribution in [3.8, 4) is 0 Å². The van der Waals surface area contributed by atoms with Crippen LogP contribution in [0.1, 0.15) is 16.1 Å². The Balaban J connectivity index is 2.00. The summed E-state index contributed by atoms with van der Waals surface area (Å²) in [5, 5.41) is 0.585. The van der Waals surface area contributed by atoms with Crippen molar-refractivity contribution in [2.45, 2.75) is 6.61 Å². The van der Waals surface area contributed by atoms with Crippen LogP contribution in [0.4, 0.5) is 0 Å². The molecule has 1 aromatic heterocycles. The highest BCUT2D eigenvalue weighted by atomic mass is 35.5. The Kier molecular flexibility index (Phi) is 3.73. The van der Waals surface area contributed by atoms with Crippen LogP contribution in [0.15, 0.2) is 48.7 Å². The number of ether oxygens (including phenoxy) is 1. The molecular weight excluding hydrogens is 238 g/mol. The molecule has 0 unspecified atom stereocenters. The molecule has 3 nitrogen and oxygen atoms in total. The van der Waals surface area contributed by atoms with Crippen molar-refractivity contribution in [2.24, 2.45) is 0 Å². The van der Waals surface area contributed by atoms with Gasteiger partial charge in [-0.3, -0.25) is 0 Å². The average molecular weight is 248 g/mol. The fourth-order valence-corrected chi connectivity index (χ4v) is 1.51. The van der Waals surface area contributed by atoms with Gasteiger partial charge in [-0.15, -0.1) is 0 Å². The molecule has 2 aromatic rings. The van der Waals surface area contributed by atoms with Gasteiger partial charge in [0.2, 0.25) is 0 Å². The number of hydrogen-bond acceptors (Lipinski definition) is 3. The first-order valence-electron chi connectivity index (χ1n) is 5.09. The first kappa shape index (κ1) is 11.6. The van der Waals surface area contributed by atoms with Crippen molar-refractivity contribution in [1.82, 2.24) is 4.98 Å². The molecule has 0 N–H and O–H groups in total. The summed E-state index contributed by atoms with van der Waals surface area (Å²) in [5.74, 6) is -0.453. The van der Waals surface area contributed by atoms with Crippen LogP contribution in [0.5, 0.6) is 0 Å². The predicted molar refractivity (Wildman–Crippen MR) is 64.8 cm³/mol. The molecule has 0 amide bonds. The standard InChI is InChI=1S/C13H10ClNO2/c14-11-6-2-1-5-10(11)9-17-13(16)12-7-3-4-8-15-12/h1-8H,9H2. The maximum atomic E-state index is 11.6. The molecule has 2 rings (SSSR count). The lowest BCUT2D eigenvalue weighted by atomic mass is 10.2. The topological polar surface area (TPSA) is 39.2 Å². The average Bonchev–Trinajstić information content (AvgIpc) is 2.38. The fraction of sp³-hybridized carbons (Fsp3) is 0.0769. The van der Waals surface area contributed by atoms with E-state index < -0.39 is 5.97 Å². The van der Waals surface area contributed by atoms with E-state index in [-0.39, 0.29) is 6.61 Å². The zero-order chi connectivity index (χ0) is 12.1. The summed E-state index contributed by atoms with van der Waals surface area (Å²) in [4.78, 5) is 15.5. The molecule has 1 aromatic carbocycles. The van der Waals surface area contributed by atoms with Gasteiger partial charge in [-0.1, -0.05) is 35.9 Å². The number of carbonyl (C=O) groups excluding carboxylic acids is 1. The lowest BCUT2D eigenvalue weighted by Gasteiger charge is -2.05. The highest BCUT2D eigenvalue weighted by Crippen LogP contribution is 2.16. The van der Waals surface area contributed by atoms with Crippen LogP contribution >= 0.6 is 11.6 Å². The number of pyridine rings is 1. The van der Waals surface area contributed by atoms with Gasteiger partial charge in [-0.2, -0.15) is 0 Å². The first-order chi connectivity index (χ1) is 8.27. The lowest BCUT2D eigenvalue weighted by Crippen LogP contribution is -2.07. The van der Waals surface area contributed by atoms with Crippen LogP contribution < -0.4 is 0 Å². The number of nitrogens with zero attached hydrogens (tertiary/aromatic N) is 1. The number of aromatic nitrogens is 1. The molecule has 0 atom stereocenters. The second kappa shape index (κ2) is 5.46. The van der Waals surface area contributed by atoms with Crippen LogP contribution in [0.2, 0.25) is 5.02 Å². The van der Waals surface area contributed by atoms with Crippen LogP contribution in [-0.2, 0) is 11.3 Å². The Morgan fingerprint density at radius 3 is 2.65 bits per heavy atom. The van der Waals surface area contributed by atoms with Crippen molar-refractivity contribution >= 4 is 17.6 Å². The van der Waals surface area contributed by atoms with Crippen LogP contribution in [0, 0.1) is 0 Å². The minimum absolute atomic E-state index is 0.148. The van der Waals surface area contributed by atoms with Gasteiger partial charge in [-0.05, 0) is 18.2 Å². The molecule has 0 spiro atoms. The molecule has 0 radical (unpaired) electrons. The maximum Gasteiger partial charge on any atom is 0.357 e. The first-order valence-corrected chi connectivity index (χ1v) is 5.47. The van der Waals surface area contributed by atoms with Gasteiger partial charge >= 0.3 is 5.97 Å². The Bertz CT molecular complexity index is 514. The molecule has 0 saturated heterocycles. The molecule has 0 fully saturated rings. The van der Waals surface area contributed by atoms with E-state index in [0.717, 1.165) is 5.56 Å². The van der Waals surface area contributed by atoms with Crippen molar-refractivity contribution in [2.75, 3.05) is 0 Å². The van der Waals surface area contributed by atoms with E-state index in [2.05, 4.69) is 4.98 Å². The third-order valence-corrected chi connectivity index (χ3v) is 2.56. The number of hydrogen-bond donors (Lipinski definition) is 0. The third kappa shape index (κ3) is 3.04. The fourth-order valence-electron chi connectivity index (χ4n) is 1.32. The highest BCUT2D eigenvalue weighted by Gasteiger charge is 2.08. The minimum atomic E-state index is -0.453. The van der Waals surface area contributed by atoms with Crippen LogP contribution in [-0.4, -0.2) is 11.0 Å². The third-order valence-electron chi connectivity index (χ3n) is 2.19. The van der Waals surface area contributed by atoms with Crippen molar-refractivity contribution in [1.29, 1.82) is 0 Å². The van der Waals surface area contributed by atoms with E-state index in [1.165, 1.54) is 0 Å². The van der Waals surface area contributed by atoms with Gasteiger partial charge in [0.15, 0.2) is 0 Å². The van der Waals surface area contributed by atoms with E-state index in [0.29, 0.717) is 10.7 Å². The summed E-state index contributed by atoms with van der Waals surface area (Å²) in [6.45, 7) is 0.148. The molecule has 4 heteroatoms. The van der Waals surface area contributed by atoms with E-state index in [4.69, 9.17) is 16.3 Å². The van der Waals surface area contributed by atoms with Gasteiger partial charge in [0, 0.05) is 16.8 Å². The quantitative estimate of drug-likeness (QED) is 0.783. The van der Waals surface area contributed by atoms with Gasteiger partial charge in [-0.25, -0.2) is 9.78 Å². The highest BCUT2D eigenvalue weighted by molar-refractivity contribution is 6.31. The zero-order valence-electron chi connectivity index (χ0n) is 8.97. The number of carbonyl (C=O) groups is 1. The normalized spacial score (nSPS) is 9.94. The largest absolute Gasteiger partial charge is 0.456 e. The zero-order valence-corrected chi connectivity index (χ0v) is 9.72. The number of benzene rings is 1. The molecule has 0 aliphatic rings. The van der Waals surface area contributed by atoms with Gasteiger partial charge in [0.05, 0.1) is 0 Å². The lowest BCUT2D eigenvalue weighted by molar-refractivity contribution is 0.0466. The van der Waals surface area contributed by atoms with Crippen molar-refractivity contribution in [3.63, 3.8) is 0 Å². The smallest absolute Gasteiger partial charge is 0.357 e. The molecule has 1 heterocycles. The Morgan fingerprint density at radius 1 is 1.18 bits per heavy atom. The number of halogens is 1. The van der Waals surface area contributed by atoms with E-state index in [1.54, 1.807) is 30.5 Å². The summed E-state index contributed by atoms with van der Waals surface area (Å²) in [6, 6.07) is 12.3. The van der Waals surface area contributed by atoms with E-state index in [9.17, 15) is 4.79 Å². The maximum absolute atomic E-state index is 11.6. The molecule has 0 saturated carbocycles. The second-order valence-corrected chi connectivity index (χ2v) is 3.79. The summed E-state index contributed by atoms with van der Waals surface area (Å²) in [5.41, 5.74) is 1.07. The molecule has 0 aliphatic carbocycles. The second-order valence-electron chi connectivity index (χ2n) is 3.38. The Labute approximate surface area is 104 Å². The Morgan fingerprint density at radius 2 is 1.94 bits per heavy atom. The van der Waals surface area contributed by atoms with Gasteiger partial charge in [0.25, 0.3) is 0 Å². The number of rotatable bonds is 3. The monoisotopic (exact) mass is 247 g/mol. The molecule has 17 heavy (non-hydrogen) atoms. The van der Waals surface area contributed by atoms with Crippen molar-refractivity contribution < 1.29 is 9.53 Å². The van der Waals surface area contributed by atoms with Gasteiger partial charge in [0.1, 0.15) is 12.3 Å². The summed E-state index contributed by atoms with van der Waals surface area (Å²) >= 11 is 5.95.